The van der Waals surface area contributed by atoms with Crippen molar-refractivity contribution in [2.24, 2.45) is 21.7 Å². The maximum absolute atomic E-state index is 2.31. The van der Waals surface area contributed by atoms with Crippen molar-refractivity contribution >= 4 is 0 Å². The third-order valence-electron chi connectivity index (χ3n) is 8.30. The lowest BCUT2D eigenvalue weighted by molar-refractivity contribution is 0.360. The highest BCUT2D eigenvalue weighted by Crippen LogP contribution is 2.24. The third kappa shape index (κ3) is 35.7. The van der Waals surface area contributed by atoms with Crippen LogP contribution in [0.5, 0.6) is 0 Å². The monoisotopic (exact) mass is 725 g/mol. The molecule has 0 bridgehead atoms. The van der Waals surface area contributed by atoms with Crippen LogP contribution in [-0.2, 0) is 25.7 Å². The van der Waals surface area contributed by atoms with Gasteiger partial charge in [-0.2, -0.15) is 0 Å². The summed E-state index contributed by atoms with van der Waals surface area (Å²) in [6, 6.07) is 42.8. The Morgan fingerprint density at radius 3 is 0.887 bits per heavy atom. The first-order chi connectivity index (χ1) is 23.3. The van der Waals surface area contributed by atoms with Gasteiger partial charge in [0.2, 0.25) is 0 Å². The van der Waals surface area contributed by atoms with E-state index in [1.54, 1.807) is 0 Å². The molecule has 0 N–H and O–H groups in total. The van der Waals surface area contributed by atoms with Gasteiger partial charge in [0, 0.05) is 0 Å². The summed E-state index contributed by atoms with van der Waals surface area (Å²) in [6.07, 6.45) is 12.7. The summed E-state index contributed by atoms with van der Waals surface area (Å²) < 4.78 is 0. The van der Waals surface area contributed by atoms with E-state index in [2.05, 4.69) is 204 Å². The summed E-state index contributed by atoms with van der Waals surface area (Å²) in [5.41, 5.74) is 7.66. The molecule has 4 aromatic rings. The SMILES string of the molecule is C.C.C.CC(C)(C)CCCCc1ccccc1.CC(C)(C)CCCc1ccccc1.CC(C)(C)CCc1ccccc1.CC(C)(C)Cc1ccccc1. The van der Waals surface area contributed by atoms with E-state index in [1.165, 1.54) is 80.0 Å². The molecule has 0 heterocycles. The molecule has 0 saturated heterocycles. The van der Waals surface area contributed by atoms with Crippen LogP contribution in [0, 0.1) is 21.7 Å². The van der Waals surface area contributed by atoms with Crippen molar-refractivity contribution in [2.45, 2.75) is 170 Å². The van der Waals surface area contributed by atoms with Gasteiger partial charge in [0.1, 0.15) is 0 Å². The van der Waals surface area contributed by atoms with Gasteiger partial charge in [0.15, 0.2) is 0 Å². The zero-order valence-corrected chi connectivity index (χ0v) is 34.6. The summed E-state index contributed by atoms with van der Waals surface area (Å²) in [4.78, 5) is 0. The maximum Gasteiger partial charge on any atom is -0.0230 e. The summed E-state index contributed by atoms with van der Waals surface area (Å²) in [6.45, 7) is 27.5. The van der Waals surface area contributed by atoms with Crippen molar-refractivity contribution in [3.63, 3.8) is 0 Å². The first kappa shape index (κ1) is 54.2. The molecular formula is C53H88. The van der Waals surface area contributed by atoms with Gasteiger partial charge in [-0.1, -0.05) is 233 Å². The molecule has 0 aliphatic carbocycles. The fourth-order valence-electron chi connectivity index (χ4n) is 5.47. The highest BCUT2D eigenvalue weighted by atomic mass is 14.2. The van der Waals surface area contributed by atoms with Crippen molar-refractivity contribution in [2.75, 3.05) is 0 Å². The van der Waals surface area contributed by atoms with E-state index in [0.717, 1.165) is 6.42 Å². The molecule has 0 radical (unpaired) electrons. The summed E-state index contributed by atoms with van der Waals surface area (Å²) in [5, 5.41) is 0. The average molecular weight is 725 g/mol. The smallest absolute Gasteiger partial charge is 0.0230 e. The standard InChI is InChI=1S/C14H22.C13H20.C12H18.C11H16.3CH4/c1-14(2,3)12-8-7-11-13-9-5-4-6-10-13;1-13(2,3)11-7-10-12-8-5-4-6-9-12;1-12(2,3)10-9-11-7-5-4-6-8-11;1-11(2,3)9-10-7-5-4-6-8-10;;;/h4-6,9-10H,7-8,11-12H2,1-3H3;4-6,8-9H,7,10-11H2,1-3H3;4-8H,9-10H2,1-3H3;4-8H,9H2,1-3H3;3*1H4. The molecule has 0 spiro atoms. The van der Waals surface area contributed by atoms with Crippen molar-refractivity contribution in [3.05, 3.63) is 144 Å². The summed E-state index contributed by atoms with van der Waals surface area (Å²) >= 11 is 0. The molecule has 0 fully saturated rings. The number of hydrogen-bond donors (Lipinski definition) is 0. The lowest BCUT2D eigenvalue weighted by atomic mass is 9.88. The Kier molecular flexibility index (Phi) is 29.0. The largest absolute Gasteiger partial charge is 0.0776 e. The second kappa shape index (κ2) is 28.3. The maximum atomic E-state index is 2.31. The minimum Gasteiger partial charge on any atom is -0.0776 e. The van der Waals surface area contributed by atoms with Crippen LogP contribution in [0.1, 0.15) is 166 Å². The third-order valence-corrected chi connectivity index (χ3v) is 8.30. The molecule has 0 unspecified atom stereocenters. The van der Waals surface area contributed by atoms with Gasteiger partial charge >= 0.3 is 0 Å². The molecule has 0 aliphatic heterocycles. The van der Waals surface area contributed by atoms with Crippen molar-refractivity contribution < 1.29 is 0 Å². The van der Waals surface area contributed by atoms with E-state index in [0.29, 0.717) is 21.7 Å². The number of hydrogen-bond acceptors (Lipinski definition) is 0. The zero-order valence-electron chi connectivity index (χ0n) is 34.6. The average Bonchev–Trinajstić information content (AvgIpc) is 3.03. The topological polar surface area (TPSA) is 0 Å². The molecule has 0 atom stereocenters. The van der Waals surface area contributed by atoms with Crippen molar-refractivity contribution in [3.8, 4) is 0 Å². The van der Waals surface area contributed by atoms with E-state index >= 15 is 0 Å². The van der Waals surface area contributed by atoms with E-state index in [1.807, 2.05) is 0 Å². The van der Waals surface area contributed by atoms with E-state index in [9.17, 15) is 0 Å². The van der Waals surface area contributed by atoms with Crippen LogP contribution in [0.25, 0.3) is 0 Å². The molecule has 300 valence electrons. The molecule has 53 heavy (non-hydrogen) atoms. The number of unbranched alkanes of at least 4 members (excludes halogenated alkanes) is 1. The Bertz CT molecular complexity index is 1320. The highest BCUT2D eigenvalue weighted by Gasteiger charge is 2.11. The predicted molar refractivity (Wildman–Crippen MR) is 246 cm³/mol. The van der Waals surface area contributed by atoms with Crippen LogP contribution >= 0.6 is 0 Å². The molecule has 0 aromatic heterocycles. The fourth-order valence-corrected chi connectivity index (χ4v) is 5.47. The van der Waals surface area contributed by atoms with Gasteiger partial charge in [-0.25, -0.2) is 0 Å². The first-order valence-electron chi connectivity index (χ1n) is 19.5. The van der Waals surface area contributed by atoms with Gasteiger partial charge in [-0.05, 0) is 102 Å². The second-order valence-corrected chi connectivity index (χ2v) is 18.9. The summed E-state index contributed by atoms with van der Waals surface area (Å²) in [7, 11) is 0. The Morgan fingerprint density at radius 1 is 0.283 bits per heavy atom. The van der Waals surface area contributed by atoms with Crippen molar-refractivity contribution in [1.29, 1.82) is 0 Å². The van der Waals surface area contributed by atoms with E-state index in [-0.39, 0.29) is 22.3 Å². The molecule has 0 aliphatic rings. The van der Waals surface area contributed by atoms with Crippen LogP contribution in [0.2, 0.25) is 0 Å². The van der Waals surface area contributed by atoms with Crippen LogP contribution in [0.15, 0.2) is 121 Å². The van der Waals surface area contributed by atoms with Crippen LogP contribution in [0.4, 0.5) is 0 Å². The number of rotatable bonds is 10. The Labute approximate surface area is 333 Å². The number of aryl methyl sites for hydroxylation is 3. The lowest BCUT2D eigenvalue weighted by Crippen LogP contribution is -2.08. The molecule has 0 amide bonds. The van der Waals surface area contributed by atoms with Gasteiger partial charge in [0.25, 0.3) is 0 Å². The molecule has 4 aromatic carbocycles. The van der Waals surface area contributed by atoms with Gasteiger partial charge in [-0.3, -0.25) is 0 Å². The van der Waals surface area contributed by atoms with Crippen LogP contribution in [0.3, 0.4) is 0 Å². The zero-order chi connectivity index (χ0) is 37.5. The van der Waals surface area contributed by atoms with E-state index in [4.69, 9.17) is 0 Å². The first-order valence-corrected chi connectivity index (χ1v) is 19.5. The molecule has 0 heteroatoms. The van der Waals surface area contributed by atoms with E-state index < -0.39 is 0 Å². The Hall–Kier alpha value is -3.12. The quantitative estimate of drug-likeness (QED) is 0.143. The summed E-state index contributed by atoms with van der Waals surface area (Å²) in [5.74, 6) is 0. The predicted octanol–water partition coefficient (Wildman–Crippen LogP) is 17.3. The highest BCUT2D eigenvalue weighted by molar-refractivity contribution is 5.17. The molecule has 4 rings (SSSR count). The fraction of sp³-hybridized carbons (Fsp3) is 0.547. The van der Waals surface area contributed by atoms with Crippen LogP contribution in [-0.4, -0.2) is 0 Å². The Morgan fingerprint density at radius 2 is 0.566 bits per heavy atom. The van der Waals surface area contributed by atoms with Crippen LogP contribution < -0.4 is 0 Å². The van der Waals surface area contributed by atoms with Gasteiger partial charge < -0.3 is 0 Å². The lowest BCUT2D eigenvalue weighted by Gasteiger charge is -2.17. The normalized spacial score (nSPS) is 10.9. The minimum absolute atomic E-state index is 0. The van der Waals surface area contributed by atoms with Gasteiger partial charge in [0.05, 0.1) is 0 Å². The molecule has 0 saturated carbocycles. The molecule has 0 nitrogen and oxygen atoms in total. The number of benzene rings is 4. The molecular weight excluding hydrogens is 637 g/mol. The van der Waals surface area contributed by atoms with Crippen molar-refractivity contribution in [1.82, 2.24) is 0 Å². The van der Waals surface area contributed by atoms with Gasteiger partial charge in [-0.15, -0.1) is 0 Å². The second-order valence-electron chi connectivity index (χ2n) is 18.9. The minimum atomic E-state index is 0. The Balaban J connectivity index is -0.000000619.